The van der Waals surface area contributed by atoms with Crippen molar-refractivity contribution in [1.29, 1.82) is 0 Å². The second-order valence-corrected chi connectivity index (χ2v) is 8.68. The highest BCUT2D eigenvalue weighted by atomic mass is 32.2. The number of sulfonamides is 1. The number of amides is 1. The number of hydrogen-bond donors (Lipinski definition) is 1. The van der Waals surface area contributed by atoms with Gasteiger partial charge in [0, 0.05) is 43.1 Å². The Morgan fingerprint density at radius 3 is 2.07 bits per heavy atom. The van der Waals surface area contributed by atoms with Crippen LogP contribution in [0.5, 0.6) is 0 Å². The fraction of sp³-hybridized carbons (Fsp3) is 0.350. The van der Waals surface area contributed by atoms with E-state index in [9.17, 15) is 13.2 Å². The van der Waals surface area contributed by atoms with Crippen LogP contribution in [0.3, 0.4) is 0 Å². The van der Waals surface area contributed by atoms with Crippen molar-refractivity contribution in [2.45, 2.75) is 13.3 Å². The van der Waals surface area contributed by atoms with Crippen LogP contribution in [-0.4, -0.2) is 51.1 Å². The van der Waals surface area contributed by atoms with Gasteiger partial charge in [0.05, 0.1) is 6.26 Å². The first-order valence-electron chi connectivity index (χ1n) is 9.07. The van der Waals surface area contributed by atoms with E-state index in [1.807, 2.05) is 48.5 Å². The molecule has 2 aromatic rings. The van der Waals surface area contributed by atoms with Gasteiger partial charge in [0.15, 0.2) is 0 Å². The fourth-order valence-electron chi connectivity index (χ4n) is 3.13. The molecule has 0 aromatic heterocycles. The molecular formula is C20H25N3O3S. The van der Waals surface area contributed by atoms with Crippen LogP contribution < -0.4 is 10.2 Å². The zero-order valence-electron chi connectivity index (χ0n) is 15.7. The van der Waals surface area contributed by atoms with E-state index >= 15 is 0 Å². The SMILES string of the molecule is CCc1ccc(C(=O)Nc2ccc(N3CCN(S(C)(=O)=O)CC3)cc2)cc1. The molecule has 0 bridgehead atoms. The van der Waals surface area contributed by atoms with Crippen LogP contribution in [0.15, 0.2) is 48.5 Å². The van der Waals surface area contributed by atoms with Gasteiger partial charge >= 0.3 is 0 Å². The molecule has 1 fully saturated rings. The molecule has 3 rings (SSSR count). The van der Waals surface area contributed by atoms with Gasteiger partial charge in [-0.3, -0.25) is 4.79 Å². The van der Waals surface area contributed by atoms with Crippen LogP contribution >= 0.6 is 0 Å². The van der Waals surface area contributed by atoms with Crippen LogP contribution in [0.4, 0.5) is 11.4 Å². The average molecular weight is 388 g/mol. The number of hydrogen-bond acceptors (Lipinski definition) is 4. The van der Waals surface area contributed by atoms with E-state index in [4.69, 9.17) is 0 Å². The maximum Gasteiger partial charge on any atom is 0.255 e. The van der Waals surface area contributed by atoms with Crippen LogP contribution in [0, 0.1) is 0 Å². The Kier molecular flexibility index (Phi) is 5.82. The molecule has 27 heavy (non-hydrogen) atoms. The van der Waals surface area contributed by atoms with Crippen LogP contribution in [-0.2, 0) is 16.4 Å². The molecule has 0 unspecified atom stereocenters. The number of anilines is 2. The molecule has 144 valence electrons. The third-order valence-electron chi connectivity index (χ3n) is 4.82. The Morgan fingerprint density at radius 2 is 1.56 bits per heavy atom. The number of carbonyl (C=O) groups is 1. The number of benzene rings is 2. The van der Waals surface area contributed by atoms with Gasteiger partial charge in [-0.2, -0.15) is 4.31 Å². The van der Waals surface area contributed by atoms with Crippen molar-refractivity contribution in [1.82, 2.24) is 4.31 Å². The molecule has 1 aliphatic heterocycles. The van der Waals surface area contributed by atoms with E-state index < -0.39 is 10.0 Å². The van der Waals surface area contributed by atoms with Crippen LogP contribution in [0.2, 0.25) is 0 Å². The summed E-state index contributed by atoms with van der Waals surface area (Å²) in [6.45, 7) is 4.37. The van der Waals surface area contributed by atoms with Crippen molar-refractivity contribution < 1.29 is 13.2 Å². The number of nitrogens with zero attached hydrogens (tertiary/aromatic N) is 2. The van der Waals surface area contributed by atoms with E-state index in [1.165, 1.54) is 16.1 Å². The quantitative estimate of drug-likeness (QED) is 0.856. The lowest BCUT2D eigenvalue weighted by Crippen LogP contribution is -2.48. The monoisotopic (exact) mass is 387 g/mol. The van der Waals surface area contributed by atoms with Crippen molar-refractivity contribution in [3.63, 3.8) is 0 Å². The highest BCUT2D eigenvalue weighted by Crippen LogP contribution is 2.20. The molecule has 0 spiro atoms. The van der Waals surface area contributed by atoms with Gasteiger partial charge in [0.1, 0.15) is 0 Å². The topological polar surface area (TPSA) is 69.7 Å². The zero-order chi connectivity index (χ0) is 19.4. The summed E-state index contributed by atoms with van der Waals surface area (Å²) < 4.78 is 24.7. The molecule has 6 nitrogen and oxygen atoms in total. The first-order valence-corrected chi connectivity index (χ1v) is 10.9. The first kappa shape index (κ1) is 19.4. The summed E-state index contributed by atoms with van der Waals surface area (Å²) in [6, 6.07) is 15.3. The molecule has 1 amide bonds. The lowest BCUT2D eigenvalue weighted by Gasteiger charge is -2.34. The van der Waals surface area contributed by atoms with Gasteiger partial charge in [-0.25, -0.2) is 8.42 Å². The number of carbonyl (C=O) groups excluding carboxylic acids is 1. The molecule has 0 aliphatic carbocycles. The van der Waals surface area contributed by atoms with Crippen molar-refractivity contribution in [3.8, 4) is 0 Å². The molecule has 1 heterocycles. The predicted molar refractivity (Wildman–Crippen MR) is 109 cm³/mol. The highest BCUT2D eigenvalue weighted by Gasteiger charge is 2.23. The smallest absolute Gasteiger partial charge is 0.255 e. The van der Waals surface area contributed by atoms with E-state index in [0.29, 0.717) is 31.7 Å². The van der Waals surface area contributed by atoms with Crippen molar-refractivity contribution in [2.75, 3.05) is 42.7 Å². The molecule has 0 saturated carbocycles. The van der Waals surface area contributed by atoms with Gasteiger partial charge in [-0.05, 0) is 48.4 Å². The van der Waals surface area contributed by atoms with Gasteiger partial charge in [0.25, 0.3) is 5.91 Å². The summed E-state index contributed by atoms with van der Waals surface area (Å²) in [6.07, 6.45) is 2.19. The van der Waals surface area contributed by atoms with Crippen LogP contribution in [0.25, 0.3) is 0 Å². The van der Waals surface area contributed by atoms with Crippen molar-refractivity contribution in [2.24, 2.45) is 0 Å². The lowest BCUT2D eigenvalue weighted by molar-refractivity contribution is 0.102. The molecule has 0 atom stereocenters. The van der Waals surface area contributed by atoms with Crippen molar-refractivity contribution in [3.05, 3.63) is 59.7 Å². The minimum absolute atomic E-state index is 0.132. The lowest BCUT2D eigenvalue weighted by atomic mass is 10.1. The largest absolute Gasteiger partial charge is 0.369 e. The summed E-state index contributed by atoms with van der Waals surface area (Å²) in [5, 5.41) is 2.91. The molecule has 7 heteroatoms. The second kappa shape index (κ2) is 8.10. The molecule has 1 aliphatic rings. The normalized spacial score (nSPS) is 15.6. The number of piperazine rings is 1. The Bertz CT molecular complexity index is 885. The second-order valence-electron chi connectivity index (χ2n) is 6.70. The van der Waals surface area contributed by atoms with Gasteiger partial charge < -0.3 is 10.2 Å². The van der Waals surface area contributed by atoms with Crippen molar-refractivity contribution >= 4 is 27.3 Å². The first-order chi connectivity index (χ1) is 12.9. The van der Waals surface area contributed by atoms with E-state index in [0.717, 1.165) is 17.8 Å². The highest BCUT2D eigenvalue weighted by molar-refractivity contribution is 7.88. The minimum Gasteiger partial charge on any atom is -0.369 e. The molecule has 1 N–H and O–H groups in total. The molecule has 1 saturated heterocycles. The Balaban J connectivity index is 1.59. The van der Waals surface area contributed by atoms with Crippen LogP contribution in [0.1, 0.15) is 22.8 Å². The third-order valence-corrected chi connectivity index (χ3v) is 6.13. The Labute approximate surface area is 160 Å². The summed E-state index contributed by atoms with van der Waals surface area (Å²) in [7, 11) is -3.12. The number of nitrogens with one attached hydrogen (secondary N) is 1. The minimum atomic E-state index is -3.12. The summed E-state index contributed by atoms with van der Waals surface area (Å²) in [5.74, 6) is -0.132. The summed E-state index contributed by atoms with van der Waals surface area (Å²) in [5.41, 5.74) is 3.59. The van der Waals surface area contributed by atoms with Gasteiger partial charge in [-0.1, -0.05) is 19.1 Å². The maximum atomic E-state index is 12.3. The number of rotatable bonds is 5. The Morgan fingerprint density at radius 1 is 0.963 bits per heavy atom. The fourth-order valence-corrected chi connectivity index (χ4v) is 3.96. The molecule has 2 aromatic carbocycles. The molecular weight excluding hydrogens is 362 g/mol. The maximum absolute atomic E-state index is 12.3. The zero-order valence-corrected chi connectivity index (χ0v) is 16.5. The standard InChI is InChI=1S/C20H25N3O3S/c1-3-16-4-6-17(7-5-16)20(24)21-18-8-10-19(11-9-18)22-12-14-23(15-13-22)27(2,25)26/h4-11H,3,12-15H2,1-2H3,(H,21,24). The summed E-state index contributed by atoms with van der Waals surface area (Å²) >= 11 is 0. The Hall–Kier alpha value is -2.38. The van der Waals surface area contributed by atoms with Gasteiger partial charge in [-0.15, -0.1) is 0 Å². The number of aryl methyl sites for hydroxylation is 1. The third kappa shape index (κ3) is 4.87. The summed E-state index contributed by atoms with van der Waals surface area (Å²) in [4.78, 5) is 14.5. The molecule has 0 radical (unpaired) electrons. The van der Waals surface area contributed by atoms with E-state index in [-0.39, 0.29) is 5.91 Å². The van der Waals surface area contributed by atoms with Gasteiger partial charge in [0.2, 0.25) is 10.0 Å². The van der Waals surface area contributed by atoms with E-state index in [2.05, 4.69) is 17.1 Å². The van der Waals surface area contributed by atoms with E-state index in [1.54, 1.807) is 0 Å². The average Bonchev–Trinajstić information content (AvgIpc) is 2.68. The predicted octanol–water partition coefficient (Wildman–Crippen LogP) is 2.58.